The van der Waals surface area contributed by atoms with Gasteiger partial charge in [0.15, 0.2) is 0 Å². The molecule has 29 heavy (non-hydrogen) atoms. The molecule has 1 heterocycles. The minimum Gasteiger partial charge on any atom is -0.493 e. The van der Waals surface area contributed by atoms with E-state index in [2.05, 4.69) is 25.5 Å². The van der Waals surface area contributed by atoms with E-state index >= 15 is 0 Å². The van der Waals surface area contributed by atoms with Gasteiger partial charge in [-0.05, 0) is 42.8 Å². The van der Waals surface area contributed by atoms with E-state index in [0.717, 1.165) is 5.56 Å². The molecule has 0 saturated heterocycles. The molecule has 148 valence electrons. The zero-order valence-electron chi connectivity index (χ0n) is 16.0. The zero-order chi connectivity index (χ0) is 20.6. The number of para-hydroxylation sites is 1. The Labute approximate surface area is 167 Å². The van der Waals surface area contributed by atoms with Crippen LogP contribution in [0.1, 0.15) is 33.3 Å². The summed E-state index contributed by atoms with van der Waals surface area (Å²) in [5, 5.41) is 10.8. The Hall–Kier alpha value is -3.94. The van der Waals surface area contributed by atoms with Gasteiger partial charge in [-0.3, -0.25) is 9.89 Å². The van der Waals surface area contributed by atoms with Crippen molar-refractivity contribution in [3.8, 4) is 17.0 Å². The van der Waals surface area contributed by atoms with Crippen LogP contribution in [0.2, 0.25) is 0 Å². The molecule has 0 fully saturated rings. The van der Waals surface area contributed by atoms with E-state index in [-0.39, 0.29) is 5.69 Å². The van der Waals surface area contributed by atoms with Crippen LogP contribution >= 0.6 is 0 Å². The van der Waals surface area contributed by atoms with Crippen LogP contribution in [0.3, 0.4) is 0 Å². The van der Waals surface area contributed by atoms with Crippen molar-refractivity contribution in [2.24, 2.45) is 5.10 Å². The summed E-state index contributed by atoms with van der Waals surface area (Å²) in [7, 11) is 1.32. The van der Waals surface area contributed by atoms with Crippen molar-refractivity contribution in [2.75, 3.05) is 13.7 Å². The van der Waals surface area contributed by atoms with Gasteiger partial charge < -0.3 is 9.47 Å². The number of nitrogens with one attached hydrogen (secondary N) is 2. The van der Waals surface area contributed by atoms with Gasteiger partial charge in [-0.25, -0.2) is 10.2 Å². The molecule has 0 aliphatic carbocycles. The van der Waals surface area contributed by atoms with Crippen molar-refractivity contribution in [1.29, 1.82) is 0 Å². The van der Waals surface area contributed by atoms with E-state index in [1.807, 2.05) is 31.2 Å². The quantitative estimate of drug-likeness (QED) is 0.365. The van der Waals surface area contributed by atoms with Gasteiger partial charge in [-0.15, -0.1) is 0 Å². The van der Waals surface area contributed by atoms with Gasteiger partial charge in [0.05, 0.1) is 31.2 Å². The first-order valence-electron chi connectivity index (χ1n) is 8.91. The lowest BCUT2D eigenvalue weighted by Crippen LogP contribution is -2.18. The number of ether oxygens (including phenoxy) is 2. The first-order valence-corrected chi connectivity index (χ1v) is 8.91. The molecule has 3 rings (SSSR count). The van der Waals surface area contributed by atoms with E-state index in [0.29, 0.717) is 29.2 Å². The van der Waals surface area contributed by atoms with E-state index in [1.54, 1.807) is 30.3 Å². The average Bonchev–Trinajstić information content (AvgIpc) is 3.24. The van der Waals surface area contributed by atoms with Crippen LogP contribution in [0.5, 0.6) is 5.75 Å². The van der Waals surface area contributed by atoms with Crippen molar-refractivity contribution in [1.82, 2.24) is 15.6 Å². The highest BCUT2D eigenvalue weighted by atomic mass is 16.5. The predicted octanol–water partition coefficient (Wildman–Crippen LogP) is 3.03. The topological polar surface area (TPSA) is 106 Å². The van der Waals surface area contributed by atoms with Gasteiger partial charge in [-0.1, -0.05) is 24.3 Å². The fourth-order valence-electron chi connectivity index (χ4n) is 2.58. The average molecular weight is 392 g/mol. The Kier molecular flexibility index (Phi) is 6.36. The minimum atomic E-state index is -0.430. The number of carbonyl (C=O) groups excluding carboxylic acids is 2. The molecule has 3 aromatic rings. The Balaban J connectivity index is 1.65. The number of H-pyrrole nitrogens is 1. The molecular formula is C21H20N4O4. The first-order chi connectivity index (χ1) is 14.1. The number of nitrogens with zero attached hydrogens (tertiary/aromatic N) is 2. The molecule has 1 amide bonds. The lowest BCUT2D eigenvalue weighted by Gasteiger charge is -2.07. The molecule has 0 bridgehead atoms. The third-order valence-corrected chi connectivity index (χ3v) is 4.00. The normalized spacial score (nSPS) is 10.7. The van der Waals surface area contributed by atoms with Crippen LogP contribution in [-0.4, -0.2) is 42.0 Å². The Bertz CT molecular complexity index is 1030. The van der Waals surface area contributed by atoms with Gasteiger partial charge in [0.2, 0.25) is 0 Å². The molecule has 2 N–H and O–H groups in total. The molecule has 0 spiro atoms. The molecular weight excluding hydrogens is 372 g/mol. The SMILES string of the molecule is CCOc1ccccc1-c1cc(C(=O)NN=Cc2ccc(C(=O)OC)cc2)[nH]n1. The predicted molar refractivity (Wildman–Crippen MR) is 108 cm³/mol. The Morgan fingerprint density at radius 1 is 1.17 bits per heavy atom. The first kappa shape index (κ1) is 19.8. The Morgan fingerprint density at radius 2 is 1.93 bits per heavy atom. The third kappa shape index (κ3) is 4.86. The zero-order valence-corrected chi connectivity index (χ0v) is 16.0. The lowest BCUT2D eigenvalue weighted by atomic mass is 10.1. The molecule has 1 aromatic heterocycles. The number of aromatic nitrogens is 2. The summed E-state index contributed by atoms with van der Waals surface area (Å²) >= 11 is 0. The standard InChI is InChI=1S/C21H20N4O4/c1-3-29-19-7-5-4-6-16(19)17-12-18(24-23-17)20(26)25-22-13-14-8-10-15(11-9-14)21(27)28-2/h4-13H,3H2,1-2H3,(H,23,24)(H,25,26). The largest absolute Gasteiger partial charge is 0.493 e. The number of carbonyl (C=O) groups is 2. The number of aromatic amines is 1. The highest BCUT2D eigenvalue weighted by Crippen LogP contribution is 2.28. The third-order valence-electron chi connectivity index (χ3n) is 4.00. The van der Waals surface area contributed by atoms with Gasteiger partial charge in [0.1, 0.15) is 11.4 Å². The van der Waals surface area contributed by atoms with Crippen molar-refractivity contribution in [3.63, 3.8) is 0 Å². The summed E-state index contributed by atoms with van der Waals surface area (Å²) in [6.45, 7) is 2.44. The van der Waals surface area contributed by atoms with Crippen LogP contribution in [0.4, 0.5) is 0 Å². The van der Waals surface area contributed by atoms with Crippen LogP contribution in [-0.2, 0) is 4.74 Å². The molecule has 0 atom stereocenters. The number of benzene rings is 2. The summed E-state index contributed by atoms with van der Waals surface area (Å²) < 4.78 is 10.2. The van der Waals surface area contributed by atoms with Crippen molar-refractivity contribution < 1.29 is 19.1 Å². The highest BCUT2D eigenvalue weighted by molar-refractivity contribution is 5.94. The number of amides is 1. The molecule has 8 heteroatoms. The molecule has 2 aromatic carbocycles. The van der Waals surface area contributed by atoms with Gasteiger partial charge >= 0.3 is 5.97 Å². The van der Waals surface area contributed by atoms with E-state index in [4.69, 9.17) is 4.74 Å². The maximum absolute atomic E-state index is 12.3. The lowest BCUT2D eigenvalue weighted by molar-refractivity contribution is 0.0600. The number of hydrogen-bond donors (Lipinski definition) is 2. The number of hydrazone groups is 1. The monoisotopic (exact) mass is 392 g/mol. The van der Waals surface area contributed by atoms with Crippen molar-refractivity contribution in [2.45, 2.75) is 6.92 Å². The highest BCUT2D eigenvalue weighted by Gasteiger charge is 2.13. The van der Waals surface area contributed by atoms with Gasteiger partial charge in [0, 0.05) is 5.56 Å². The molecule has 0 unspecified atom stereocenters. The molecule has 0 saturated carbocycles. The van der Waals surface area contributed by atoms with Crippen molar-refractivity contribution in [3.05, 3.63) is 71.4 Å². The summed E-state index contributed by atoms with van der Waals surface area (Å²) in [5.41, 5.74) is 5.25. The molecule has 8 nitrogen and oxygen atoms in total. The van der Waals surface area contributed by atoms with Crippen LogP contribution in [0, 0.1) is 0 Å². The smallest absolute Gasteiger partial charge is 0.337 e. The number of methoxy groups -OCH3 is 1. The number of rotatable bonds is 7. The second kappa shape index (κ2) is 9.32. The summed E-state index contributed by atoms with van der Waals surface area (Å²) in [6, 6.07) is 15.7. The maximum atomic E-state index is 12.3. The molecule has 0 aliphatic rings. The minimum absolute atomic E-state index is 0.268. The van der Waals surface area contributed by atoms with Gasteiger partial charge in [-0.2, -0.15) is 10.2 Å². The van der Waals surface area contributed by atoms with Crippen LogP contribution in [0.25, 0.3) is 11.3 Å². The summed E-state index contributed by atoms with van der Waals surface area (Å²) in [6.07, 6.45) is 1.47. The van der Waals surface area contributed by atoms with Gasteiger partial charge in [0.25, 0.3) is 5.91 Å². The second-order valence-corrected chi connectivity index (χ2v) is 5.91. The molecule has 0 aliphatic heterocycles. The molecule has 0 radical (unpaired) electrons. The van der Waals surface area contributed by atoms with Crippen LogP contribution < -0.4 is 10.2 Å². The fourth-order valence-corrected chi connectivity index (χ4v) is 2.58. The fraction of sp³-hybridized carbons (Fsp3) is 0.143. The summed E-state index contributed by atoms with van der Waals surface area (Å²) in [4.78, 5) is 23.7. The maximum Gasteiger partial charge on any atom is 0.337 e. The van der Waals surface area contributed by atoms with E-state index in [9.17, 15) is 9.59 Å². The summed E-state index contributed by atoms with van der Waals surface area (Å²) in [5.74, 6) is -0.148. The second-order valence-electron chi connectivity index (χ2n) is 5.91. The number of esters is 1. The Morgan fingerprint density at radius 3 is 2.66 bits per heavy atom. The van der Waals surface area contributed by atoms with Crippen LogP contribution in [0.15, 0.2) is 59.7 Å². The van der Waals surface area contributed by atoms with Crippen molar-refractivity contribution >= 4 is 18.1 Å². The van der Waals surface area contributed by atoms with E-state index < -0.39 is 11.9 Å². The van der Waals surface area contributed by atoms with E-state index in [1.165, 1.54) is 13.3 Å². The number of hydrogen-bond acceptors (Lipinski definition) is 6.